The molecule has 1 amide bonds. The van der Waals surface area contributed by atoms with E-state index in [9.17, 15) is 4.79 Å². The van der Waals surface area contributed by atoms with Crippen molar-refractivity contribution in [1.82, 2.24) is 15.5 Å². The van der Waals surface area contributed by atoms with Gasteiger partial charge >= 0.3 is 0 Å². The van der Waals surface area contributed by atoms with Gasteiger partial charge in [-0.3, -0.25) is 15.0 Å². The summed E-state index contributed by atoms with van der Waals surface area (Å²) < 4.78 is 15.9. The molecular weight excluding hydrogens is 414 g/mol. The van der Waals surface area contributed by atoms with E-state index in [1.807, 2.05) is 6.07 Å². The van der Waals surface area contributed by atoms with E-state index < -0.39 is 0 Å². The highest BCUT2D eigenvalue weighted by molar-refractivity contribution is 7.80. The number of hydrogen-bond donors (Lipinski definition) is 2. The van der Waals surface area contributed by atoms with E-state index in [1.54, 1.807) is 12.1 Å². The Kier molecular flexibility index (Phi) is 8.08. The Morgan fingerprint density at radius 1 is 1.03 bits per heavy atom. The molecule has 1 aliphatic heterocycles. The molecule has 0 aromatic heterocycles. The predicted molar refractivity (Wildman–Crippen MR) is 124 cm³/mol. The summed E-state index contributed by atoms with van der Waals surface area (Å²) in [5.74, 6) is 0.927. The maximum absolute atomic E-state index is 12.7. The third-order valence-corrected chi connectivity index (χ3v) is 5.55. The van der Waals surface area contributed by atoms with Crippen LogP contribution in [0.15, 0.2) is 42.5 Å². The summed E-state index contributed by atoms with van der Waals surface area (Å²) in [6.45, 7) is 2.92. The van der Waals surface area contributed by atoms with Gasteiger partial charge in [-0.2, -0.15) is 0 Å². The van der Waals surface area contributed by atoms with Crippen molar-refractivity contribution < 1.29 is 19.0 Å². The molecule has 0 spiro atoms. The summed E-state index contributed by atoms with van der Waals surface area (Å²) in [7, 11) is 4.54. The molecule has 2 N–H and O–H groups in total. The molecule has 0 radical (unpaired) electrons. The topological polar surface area (TPSA) is 72.1 Å². The number of carbonyl (C=O) groups is 1. The van der Waals surface area contributed by atoms with E-state index in [-0.39, 0.29) is 11.9 Å². The number of hydrogen-bond acceptors (Lipinski definition) is 6. The molecule has 1 heterocycles. The molecule has 8 heteroatoms. The number of ether oxygens (including phenoxy) is 3. The van der Waals surface area contributed by atoms with Gasteiger partial charge in [0.1, 0.15) is 0 Å². The highest BCUT2D eigenvalue weighted by Crippen LogP contribution is 2.38. The number of amides is 1. The number of piperidine rings is 1. The lowest BCUT2D eigenvalue weighted by atomic mass is 10.0. The first-order valence-electron chi connectivity index (χ1n) is 10.2. The Labute approximate surface area is 188 Å². The number of carbonyl (C=O) groups excluding carboxylic acids is 1. The van der Waals surface area contributed by atoms with Crippen LogP contribution < -0.4 is 24.8 Å². The molecule has 166 valence electrons. The van der Waals surface area contributed by atoms with Gasteiger partial charge in [-0.1, -0.05) is 30.3 Å². The van der Waals surface area contributed by atoms with Crippen molar-refractivity contribution in [3.63, 3.8) is 0 Å². The number of rotatable bonds is 7. The smallest absolute Gasteiger partial charge is 0.257 e. The first-order chi connectivity index (χ1) is 15.0. The monoisotopic (exact) mass is 443 g/mol. The number of thiocarbonyl (C=S) groups is 1. The van der Waals surface area contributed by atoms with Crippen molar-refractivity contribution in [1.29, 1.82) is 0 Å². The van der Waals surface area contributed by atoms with Gasteiger partial charge in [-0.25, -0.2) is 0 Å². The van der Waals surface area contributed by atoms with Crippen molar-refractivity contribution in [2.75, 3.05) is 34.4 Å². The normalized spacial score (nSPS) is 14.5. The second-order valence-corrected chi connectivity index (χ2v) is 7.79. The van der Waals surface area contributed by atoms with Gasteiger partial charge in [0.05, 0.1) is 21.3 Å². The molecule has 1 fully saturated rings. The number of likely N-dealkylation sites (tertiary alicyclic amines) is 1. The quantitative estimate of drug-likeness (QED) is 0.638. The van der Waals surface area contributed by atoms with Gasteiger partial charge in [-0.15, -0.1) is 0 Å². The van der Waals surface area contributed by atoms with Crippen LogP contribution in [0.4, 0.5) is 0 Å². The third kappa shape index (κ3) is 6.08. The zero-order valence-corrected chi connectivity index (χ0v) is 19.0. The zero-order valence-electron chi connectivity index (χ0n) is 18.1. The average molecular weight is 444 g/mol. The summed E-state index contributed by atoms with van der Waals surface area (Å²) in [6, 6.07) is 13.9. The first-order valence-corrected chi connectivity index (χ1v) is 10.6. The molecule has 1 aliphatic rings. The van der Waals surface area contributed by atoms with E-state index in [0.717, 1.165) is 32.5 Å². The van der Waals surface area contributed by atoms with Crippen LogP contribution in [0.1, 0.15) is 28.8 Å². The summed E-state index contributed by atoms with van der Waals surface area (Å²) in [6.07, 6.45) is 1.93. The van der Waals surface area contributed by atoms with Crippen LogP contribution in [0, 0.1) is 0 Å². The van der Waals surface area contributed by atoms with Crippen molar-refractivity contribution >= 4 is 23.2 Å². The molecule has 2 aromatic carbocycles. The van der Waals surface area contributed by atoms with Crippen LogP contribution in [0.25, 0.3) is 0 Å². The van der Waals surface area contributed by atoms with Crippen LogP contribution in [0.5, 0.6) is 17.2 Å². The largest absolute Gasteiger partial charge is 0.493 e. The van der Waals surface area contributed by atoms with Crippen LogP contribution >= 0.6 is 12.2 Å². The lowest BCUT2D eigenvalue weighted by Gasteiger charge is -2.32. The van der Waals surface area contributed by atoms with Crippen molar-refractivity contribution in [3.05, 3.63) is 53.6 Å². The van der Waals surface area contributed by atoms with Gasteiger partial charge < -0.3 is 19.5 Å². The fourth-order valence-corrected chi connectivity index (χ4v) is 3.95. The van der Waals surface area contributed by atoms with Gasteiger partial charge in [0.25, 0.3) is 5.91 Å². The van der Waals surface area contributed by atoms with Crippen LogP contribution in [-0.2, 0) is 6.54 Å². The number of nitrogens with one attached hydrogen (secondary N) is 2. The Balaban J connectivity index is 1.51. The second-order valence-electron chi connectivity index (χ2n) is 7.38. The SMILES string of the molecule is COc1cc(C(=O)NC(=S)NC2CCN(Cc3ccccc3)CC2)cc(OC)c1OC. The molecule has 7 nitrogen and oxygen atoms in total. The van der Waals surface area contributed by atoms with Crippen molar-refractivity contribution in [2.24, 2.45) is 0 Å². The highest BCUT2D eigenvalue weighted by Gasteiger charge is 2.21. The van der Waals surface area contributed by atoms with E-state index in [0.29, 0.717) is 27.9 Å². The molecule has 31 heavy (non-hydrogen) atoms. The molecule has 2 aromatic rings. The van der Waals surface area contributed by atoms with Gasteiger partial charge in [-0.05, 0) is 42.8 Å². The number of nitrogens with zero attached hydrogens (tertiary/aromatic N) is 1. The lowest BCUT2D eigenvalue weighted by molar-refractivity contribution is 0.0975. The number of benzene rings is 2. The minimum atomic E-state index is -0.335. The maximum atomic E-state index is 12.7. The molecule has 0 aliphatic carbocycles. The molecule has 3 rings (SSSR count). The van der Waals surface area contributed by atoms with Crippen molar-refractivity contribution in [2.45, 2.75) is 25.4 Å². The van der Waals surface area contributed by atoms with E-state index in [4.69, 9.17) is 26.4 Å². The van der Waals surface area contributed by atoms with Gasteiger partial charge in [0, 0.05) is 31.2 Å². The first kappa shape index (κ1) is 22.8. The molecule has 0 saturated carbocycles. The molecule has 0 unspecified atom stereocenters. The second kappa shape index (κ2) is 11.0. The standard InChI is InChI=1S/C23H29N3O4S/c1-28-19-13-17(14-20(29-2)21(19)30-3)22(27)25-23(31)24-18-9-11-26(12-10-18)15-16-7-5-4-6-8-16/h4-8,13-14,18H,9-12,15H2,1-3H3,(H2,24,25,27,31). The molecule has 1 saturated heterocycles. The fourth-order valence-electron chi connectivity index (χ4n) is 3.69. The third-order valence-electron chi connectivity index (χ3n) is 5.33. The van der Waals surface area contributed by atoms with E-state index >= 15 is 0 Å². The van der Waals surface area contributed by atoms with Crippen LogP contribution in [-0.4, -0.2) is 56.4 Å². The highest BCUT2D eigenvalue weighted by atomic mass is 32.1. The number of methoxy groups -OCH3 is 3. The minimum Gasteiger partial charge on any atom is -0.493 e. The molecule has 0 bridgehead atoms. The summed E-state index contributed by atoms with van der Waals surface area (Å²) in [5.41, 5.74) is 1.69. The zero-order chi connectivity index (χ0) is 22.2. The van der Waals surface area contributed by atoms with Gasteiger partial charge in [0.2, 0.25) is 5.75 Å². The van der Waals surface area contributed by atoms with Gasteiger partial charge in [0.15, 0.2) is 16.6 Å². The predicted octanol–water partition coefficient (Wildman–Crippen LogP) is 2.98. The Bertz CT molecular complexity index is 874. The minimum absolute atomic E-state index is 0.236. The Morgan fingerprint density at radius 3 is 2.19 bits per heavy atom. The van der Waals surface area contributed by atoms with Crippen LogP contribution in [0.3, 0.4) is 0 Å². The van der Waals surface area contributed by atoms with E-state index in [2.05, 4.69) is 39.8 Å². The lowest BCUT2D eigenvalue weighted by Crippen LogP contribution is -2.48. The maximum Gasteiger partial charge on any atom is 0.257 e. The average Bonchev–Trinajstić information content (AvgIpc) is 2.79. The van der Waals surface area contributed by atoms with Crippen LogP contribution in [0.2, 0.25) is 0 Å². The Morgan fingerprint density at radius 2 is 1.65 bits per heavy atom. The summed E-state index contributed by atoms with van der Waals surface area (Å²) >= 11 is 5.37. The Hall–Kier alpha value is -2.84. The molecular formula is C23H29N3O4S. The van der Waals surface area contributed by atoms with Crippen molar-refractivity contribution in [3.8, 4) is 17.2 Å². The molecule has 0 atom stereocenters. The summed E-state index contributed by atoms with van der Waals surface area (Å²) in [5, 5.41) is 6.34. The fraction of sp³-hybridized carbons (Fsp3) is 0.391. The van der Waals surface area contributed by atoms with E-state index in [1.165, 1.54) is 26.9 Å². The summed E-state index contributed by atoms with van der Waals surface area (Å²) in [4.78, 5) is 15.1.